The van der Waals surface area contributed by atoms with E-state index < -0.39 is 5.97 Å². The first kappa shape index (κ1) is 7.12. The molecule has 0 aliphatic heterocycles. The van der Waals surface area contributed by atoms with Gasteiger partial charge in [0.25, 0.3) is 0 Å². The molecule has 0 aromatic rings. The van der Waals surface area contributed by atoms with Crippen molar-refractivity contribution in [3.8, 4) is 0 Å². The molecule has 0 aliphatic carbocycles. The molecular formula is C7H13NO2. The lowest BCUT2D eigenvalue weighted by molar-refractivity contribution is -0.141. The van der Waals surface area contributed by atoms with Gasteiger partial charge in [-0.15, -0.1) is 0 Å². The van der Waals surface area contributed by atoms with E-state index in [1.165, 1.54) is 6.08 Å². The highest BCUT2D eigenvalue weighted by atomic mass is 16.5. The lowest BCUT2D eigenvalue weighted by Gasteiger charge is -2.03. The van der Waals surface area contributed by atoms with Gasteiger partial charge in [0.15, 0.2) is 1.41 Å². The number of hydrogen-bond donors (Lipinski definition) is 1. The van der Waals surface area contributed by atoms with Crippen molar-refractivity contribution in [1.29, 1.82) is 0 Å². The number of allylic oxidation sites excluding steroid dienone is 1. The summed E-state index contributed by atoms with van der Waals surface area (Å²) in [6.07, 6.45) is 1.13. The molecule has 0 amide bonds. The summed E-state index contributed by atoms with van der Waals surface area (Å²) >= 11 is 0. The van der Waals surface area contributed by atoms with Crippen LogP contribution >= 0.6 is 0 Å². The Morgan fingerprint density at radius 1 is 1.80 bits per heavy atom. The Morgan fingerprint density at radius 2 is 2.40 bits per heavy atom. The number of rotatable bonds is 3. The summed E-state index contributed by atoms with van der Waals surface area (Å²) < 4.78 is 11.4. The summed E-state index contributed by atoms with van der Waals surface area (Å²) in [7, 11) is 0. The van der Waals surface area contributed by atoms with Crippen molar-refractivity contribution in [2.45, 2.75) is 26.9 Å². The fraction of sp³-hybridized carbons (Fsp3) is 0.571. The molecule has 3 nitrogen and oxygen atoms in total. The van der Waals surface area contributed by atoms with E-state index in [2.05, 4.69) is 5.73 Å². The number of hydrogen-bond acceptors (Lipinski definition) is 3. The van der Waals surface area contributed by atoms with Crippen LogP contribution in [0.1, 0.15) is 20.8 Å². The predicted octanol–water partition coefficient (Wildman–Crippen LogP) is 0.800. The van der Waals surface area contributed by atoms with E-state index >= 15 is 0 Å². The van der Waals surface area contributed by atoms with Crippen molar-refractivity contribution >= 4 is 5.97 Å². The van der Waals surface area contributed by atoms with Gasteiger partial charge in [0.05, 0.1) is 6.10 Å². The van der Waals surface area contributed by atoms with Crippen LogP contribution in [0, 0.1) is 0 Å². The van der Waals surface area contributed by atoms with Crippen LogP contribution in [-0.4, -0.2) is 12.1 Å². The third-order valence-electron chi connectivity index (χ3n) is 0.686. The average molecular weight is 144 g/mol. The van der Waals surface area contributed by atoms with Gasteiger partial charge < -0.3 is 10.5 Å². The van der Waals surface area contributed by atoms with Crippen molar-refractivity contribution in [1.82, 2.24) is 0 Å². The zero-order valence-corrected chi connectivity index (χ0v) is 6.47. The molecule has 0 radical (unpaired) electrons. The van der Waals surface area contributed by atoms with Gasteiger partial charge in [-0.05, 0) is 20.8 Å². The third-order valence-corrected chi connectivity index (χ3v) is 0.686. The van der Waals surface area contributed by atoms with Crippen LogP contribution in [0.5, 0.6) is 0 Å². The lowest BCUT2D eigenvalue weighted by atomic mass is 10.4. The van der Waals surface area contributed by atoms with Crippen molar-refractivity contribution in [3.63, 3.8) is 0 Å². The minimum atomic E-state index is -0.419. The van der Waals surface area contributed by atoms with E-state index in [4.69, 9.17) is 6.15 Å². The van der Waals surface area contributed by atoms with Crippen LogP contribution in [0.2, 0.25) is 1.41 Å². The van der Waals surface area contributed by atoms with Gasteiger partial charge in [0, 0.05) is 11.8 Å². The Morgan fingerprint density at radius 3 is 2.80 bits per heavy atom. The minimum Gasteiger partial charge on any atom is -0.460 e. The Hall–Kier alpha value is -0.990. The number of carbonyl (C=O) groups excluding carboxylic acids is 1. The van der Waals surface area contributed by atoms with Crippen molar-refractivity contribution in [2.24, 2.45) is 5.73 Å². The molecule has 0 aromatic heterocycles. The molecule has 0 fully saturated rings. The van der Waals surface area contributed by atoms with Crippen molar-refractivity contribution in [3.05, 3.63) is 11.8 Å². The molecule has 0 heterocycles. The van der Waals surface area contributed by atoms with Crippen LogP contribution in [0.25, 0.3) is 0 Å². The van der Waals surface area contributed by atoms with Crippen molar-refractivity contribution in [2.75, 3.05) is 0 Å². The first-order valence-electron chi connectivity index (χ1n) is 3.63. The summed E-state index contributed by atoms with van der Waals surface area (Å²) in [6, 6.07) is 0. The number of nitrogens with two attached hydrogens (primary N) is 1. The molecule has 0 rings (SSSR count). The molecule has 0 aliphatic rings. The smallest absolute Gasteiger partial charge is 0.332 e. The van der Waals surface area contributed by atoms with Crippen LogP contribution < -0.4 is 5.73 Å². The second kappa shape index (κ2) is 3.93. The predicted molar refractivity (Wildman–Crippen MR) is 39.2 cm³/mol. The first-order chi connectivity index (χ1) is 5.06. The zero-order chi connectivity index (χ0) is 8.85. The second-order valence-electron chi connectivity index (χ2n) is 2.31. The van der Waals surface area contributed by atoms with Crippen molar-refractivity contribution < 1.29 is 10.9 Å². The average Bonchev–Trinajstić information content (AvgIpc) is 1.85. The number of ether oxygens (including phenoxy) is 1. The van der Waals surface area contributed by atoms with E-state index in [1.807, 2.05) is 0 Å². The SMILES string of the molecule is [2H]N/C(C)=C\C(=O)OC(C)C. The van der Waals surface area contributed by atoms with E-state index in [-0.39, 0.29) is 6.10 Å². The van der Waals surface area contributed by atoms with Crippen LogP contribution in [0.15, 0.2) is 11.8 Å². The summed E-state index contributed by atoms with van der Waals surface area (Å²) in [5.41, 5.74) is 2.55. The Kier molecular flexibility index (Phi) is 2.80. The molecule has 3 heteroatoms. The third kappa shape index (κ3) is 5.15. The first-order valence-corrected chi connectivity index (χ1v) is 3.13. The Balaban J connectivity index is 3.86. The molecule has 58 valence electrons. The van der Waals surface area contributed by atoms with Crippen LogP contribution in [-0.2, 0) is 9.53 Å². The van der Waals surface area contributed by atoms with E-state index in [1.54, 1.807) is 20.8 Å². The number of esters is 1. The van der Waals surface area contributed by atoms with E-state index in [0.717, 1.165) is 0 Å². The standard InChI is InChI=1S/C7H13NO2/c1-5(2)10-7(9)4-6(3)8/h4-5H,8H2,1-3H3/b6-4-/i/hD. The molecular weight excluding hydrogens is 130 g/mol. The van der Waals surface area contributed by atoms with Gasteiger partial charge in [-0.2, -0.15) is 0 Å². The quantitative estimate of drug-likeness (QED) is 0.471. The van der Waals surface area contributed by atoms with E-state index in [0.29, 0.717) is 5.70 Å². The molecule has 0 saturated carbocycles. The lowest BCUT2D eigenvalue weighted by Crippen LogP contribution is -2.10. The minimum absolute atomic E-state index is 0.114. The largest absolute Gasteiger partial charge is 0.460 e. The van der Waals surface area contributed by atoms with Gasteiger partial charge in [0.2, 0.25) is 0 Å². The highest BCUT2D eigenvalue weighted by Crippen LogP contribution is 1.91. The molecule has 0 aromatic carbocycles. The van der Waals surface area contributed by atoms with E-state index in [9.17, 15) is 4.79 Å². The molecule has 0 unspecified atom stereocenters. The molecule has 10 heavy (non-hydrogen) atoms. The van der Waals surface area contributed by atoms with Gasteiger partial charge in [-0.25, -0.2) is 4.79 Å². The molecule has 0 spiro atoms. The maximum atomic E-state index is 10.8. The normalized spacial score (nSPS) is 12.8. The van der Waals surface area contributed by atoms with Crippen LogP contribution in [0.3, 0.4) is 0 Å². The topological polar surface area (TPSA) is 52.3 Å². The maximum absolute atomic E-state index is 10.8. The zero-order valence-electron chi connectivity index (χ0n) is 7.47. The van der Waals surface area contributed by atoms with Gasteiger partial charge in [0.1, 0.15) is 0 Å². The Bertz CT molecular complexity index is 166. The molecule has 2 N–H and O–H groups in total. The summed E-state index contributed by atoms with van der Waals surface area (Å²) in [6.45, 7) is 5.17. The molecule has 0 saturated heterocycles. The monoisotopic (exact) mass is 144 g/mol. The summed E-state index contributed by atoms with van der Waals surface area (Å²) in [5.74, 6) is -0.419. The maximum Gasteiger partial charge on any atom is 0.332 e. The fourth-order valence-electron chi connectivity index (χ4n) is 0.443. The second-order valence-corrected chi connectivity index (χ2v) is 2.31. The van der Waals surface area contributed by atoms with Gasteiger partial charge in [-0.1, -0.05) is 0 Å². The van der Waals surface area contributed by atoms with Gasteiger partial charge in [-0.3, -0.25) is 0 Å². The fourth-order valence-corrected chi connectivity index (χ4v) is 0.443. The number of carbonyl (C=O) groups is 1. The highest BCUT2D eigenvalue weighted by molar-refractivity contribution is 5.82. The Labute approximate surface area is 62.3 Å². The summed E-state index contributed by atoms with van der Waals surface area (Å²) in [4.78, 5) is 10.8. The summed E-state index contributed by atoms with van der Waals surface area (Å²) in [5, 5.41) is 0. The molecule has 0 atom stereocenters. The van der Waals surface area contributed by atoms with Crippen LogP contribution in [0.4, 0.5) is 0 Å². The molecule has 0 bridgehead atoms. The van der Waals surface area contributed by atoms with Gasteiger partial charge >= 0.3 is 5.97 Å². The highest BCUT2D eigenvalue weighted by Gasteiger charge is 1.99.